The number of nitrogens with one attached hydrogen (secondary N) is 3. The molecule has 0 saturated carbocycles. The number of guanidine groups is 1. The van der Waals surface area contributed by atoms with E-state index in [4.69, 9.17) is 4.74 Å². The van der Waals surface area contributed by atoms with Gasteiger partial charge >= 0.3 is 0 Å². The fourth-order valence-electron chi connectivity index (χ4n) is 3.72. The van der Waals surface area contributed by atoms with Gasteiger partial charge in [0.15, 0.2) is 12.6 Å². The molecule has 1 aliphatic heterocycles. The van der Waals surface area contributed by atoms with E-state index >= 15 is 0 Å². The van der Waals surface area contributed by atoms with Crippen LogP contribution in [0.2, 0.25) is 0 Å². The molecule has 3 N–H and O–H groups in total. The van der Waals surface area contributed by atoms with Crippen molar-refractivity contribution >= 4 is 52.4 Å². The van der Waals surface area contributed by atoms with E-state index in [1.807, 2.05) is 30.3 Å². The van der Waals surface area contributed by atoms with E-state index in [0.29, 0.717) is 6.54 Å². The van der Waals surface area contributed by atoms with E-state index in [1.54, 1.807) is 11.9 Å². The second-order valence-corrected chi connectivity index (χ2v) is 7.19. The van der Waals surface area contributed by atoms with Gasteiger partial charge in [-0.25, -0.2) is 0 Å². The molecule has 4 rings (SSSR count). The van der Waals surface area contributed by atoms with Crippen molar-refractivity contribution in [2.45, 2.75) is 12.8 Å². The van der Waals surface area contributed by atoms with Gasteiger partial charge < -0.3 is 25.3 Å². The monoisotopic (exact) mass is 533 g/mol. The molecule has 1 aliphatic rings. The molecular weight excluding hydrogens is 505 g/mol. The number of halogens is 1. The lowest BCUT2D eigenvalue weighted by Gasteiger charge is -2.29. The fraction of sp³-hybridized carbons (Fsp3) is 0.304. The van der Waals surface area contributed by atoms with E-state index in [-0.39, 0.29) is 36.5 Å². The summed E-state index contributed by atoms with van der Waals surface area (Å²) in [5.41, 5.74) is 3.29. The quantitative estimate of drug-likeness (QED) is 0.189. The van der Waals surface area contributed by atoms with E-state index in [0.717, 1.165) is 48.8 Å². The summed E-state index contributed by atoms with van der Waals surface area (Å²) in [5.74, 6) is 1.53. The maximum Gasteiger partial charge on any atom is 0.265 e. The van der Waals surface area contributed by atoms with Crippen LogP contribution in [-0.2, 0) is 11.2 Å². The van der Waals surface area contributed by atoms with Gasteiger partial charge in [-0.1, -0.05) is 30.3 Å². The van der Waals surface area contributed by atoms with Crippen LogP contribution in [-0.4, -0.2) is 50.1 Å². The highest BCUT2D eigenvalue weighted by Gasteiger charge is 2.24. The van der Waals surface area contributed by atoms with Crippen LogP contribution >= 0.6 is 24.0 Å². The molecular formula is C23H28IN5O2. The molecule has 164 valence electrons. The Morgan fingerprint density at radius 3 is 2.77 bits per heavy atom. The molecule has 0 atom stereocenters. The molecule has 2 aromatic carbocycles. The summed E-state index contributed by atoms with van der Waals surface area (Å²) in [7, 11) is 1.77. The smallest absolute Gasteiger partial charge is 0.265 e. The number of amides is 1. The van der Waals surface area contributed by atoms with Crippen molar-refractivity contribution in [2.24, 2.45) is 4.99 Å². The molecule has 2 heterocycles. The van der Waals surface area contributed by atoms with Gasteiger partial charge in [0.2, 0.25) is 0 Å². The van der Waals surface area contributed by atoms with Crippen LogP contribution in [0.25, 0.3) is 10.9 Å². The number of carbonyl (C=O) groups excluding carboxylic acids is 1. The molecule has 0 fully saturated rings. The Balaban J connectivity index is 0.00000272. The SMILES string of the molecule is CN=C(NCCCN1C(=O)COc2ccccc21)NCCc1c[nH]c2ccccc12.I. The highest BCUT2D eigenvalue weighted by molar-refractivity contribution is 14.0. The number of rotatable bonds is 7. The van der Waals surface area contributed by atoms with Gasteiger partial charge in [0.05, 0.1) is 5.69 Å². The molecule has 7 nitrogen and oxygen atoms in total. The standard InChI is InChI=1S/C23H27N5O2.HI/c1-24-23(26-13-11-17-15-27-19-8-3-2-7-18(17)19)25-12-6-14-28-20-9-4-5-10-21(20)30-16-22(28)29;/h2-5,7-10,15,27H,6,11-14,16H2,1H3,(H2,24,25,26);1H. The highest BCUT2D eigenvalue weighted by Crippen LogP contribution is 2.31. The molecule has 0 bridgehead atoms. The van der Waals surface area contributed by atoms with Gasteiger partial charge in [-0.15, -0.1) is 24.0 Å². The van der Waals surface area contributed by atoms with Crippen molar-refractivity contribution in [2.75, 3.05) is 38.2 Å². The number of hydrogen-bond donors (Lipinski definition) is 3. The Hall–Kier alpha value is -2.75. The van der Waals surface area contributed by atoms with Gasteiger partial charge in [-0.05, 0) is 36.6 Å². The van der Waals surface area contributed by atoms with Crippen molar-refractivity contribution in [3.05, 3.63) is 60.3 Å². The summed E-state index contributed by atoms with van der Waals surface area (Å²) in [4.78, 5) is 21.6. The summed E-state index contributed by atoms with van der Waals surface area (Å²) >= 11 is 0. The third-order valence-corrected chi connectivity index (χ3v) is 5.24. The first-order valence-corrected chi connectivity index (χ1v) is 10.3. The Morgan fingerprint density at radius 2 is 1.90 bits per heavy atom. The van der Waals surface area contributed by atoms with Gasteiger partial charge in [-0.2, -0.15) is 0 Å². The van der Waals surface area contributed by atoms with Crippen LogP contribution in [0.1, 0.15) is 12.0 Å². The van der Waals surface area contributed by atoms with Crippen LogP contribution in [0.4, 0.5) is 5.69 Å². The van der Waals surface area contributed by atoms with Crippen LogP contribution in [0.3, 0.4) is 0 Å². The molecule has 0 radical (unpaired) electrons. The van der Waals surface area contributed by atoms with Crippen molar-refractivity contribution < 1.29 is 9.53 Å². The van der Waals surface area contributed by atoms with Crippen LogP contribution in [0.15, 0.2) is 59.7 Å². The highest BCUT2D eigenvalue weighted by atomic mass is 127. The number of aromatic nitrogens is 1. The van der Waals surface area contributed by atoms with Gasteiger partial charge in [0.25, 0.3) is 5.91 Å². The molecule has 0 aliphatic carbocycles. The lowest BCUT2D eigenvalue weighted by atomic mass is 10.1. The predicted molar refractivity (Wildman–Crippen MR) is 136 cm³/mol. The zero-order valence-corrected chi connectivity index (χ0v) is 19.9. The number of hydrogen-bond acceptors (Lipinski definition) is 3. The normalized spacial score (nSPS) is 13.4. The summed E-state index contributed by atoms with van der Waals surface area (Å²) in [6.07, 6.45) is 3.78. The van der Waals surface area contributed by atoms with Crippen LogP contribution in [0, 0.1) is 0 Å². The predicted octanol–water partition coefficient (Wildman–Crippen LogP) is 3.31. The van der Waals surface area contributed by atoms with Crippen molar-refractivity contribution in [3.63, 3.8) is 0 Å². The maximum absolute atomic E-state index is 12.2. The zero-order valence-electron chi connectivity index (χ0n) is 17.6. The minimum atomic E-state index is -0.00469. The number of fused-ring (bicyclic) bond motifs is 2. The Bertz CT molecular complexity index is 1050. The number of benzene rings is 2. The van der Waals surface area contributed by atoms with Crippen molar-refractivity contribution in [1.29, 1.82) is 0 Å². The zero-order chi connectivity index (χ0) is 20.8. The maximum atomic E-state index is 12.2. The van der Waals surface area contributed by atoms with Crippen LogP contribution in [0.5, 0.6) is 5.75 Å². The van der Waals surface area contributed by atoms with Gasteiger partial charge in [0.1, 0.15) is 5.75 Å². The molecule has 0 unspecified atom stereocenters. The molecule has 8 heteroatoms. The third-order valence-electron chi connectivity index (χ3n) is 5.24. The number of anilines is 1. The summed E-state index contributed by atoms with van der Waals surface area (Å²) in [6, 6.07) is 16.0. The van der Waals surface area contributed by atoms with E-state index in [9.17, 15) is 4.79 Å². The minimum Gasteiger partial charge on any atom is -0.482 e. The van der Waals surface area contributed by atoms with Gasteiger partial charge in [0, 0.05) is 43.8 Å². The molecule has 0 spiro atoms. The number of H-pyrrole nitrogens is 1. The first kappa shape index (κ1) is 22.9. The number of para-hydroxylation sites is 3. The van der Waals surface area contributed by atoms with Crippen molar-refractivity contribution in [3.8, 4) is 5.75 Å². The Labute approximate surface area is 199 Å². The average Bonchev–Trinajstić information content (AvgIpc) is 3.19. The van der Waals surface area contributed by atoms with E-state index in [2.05, 4.69) is 45.0 Å². The van der Waals surface area contributed by atoms with Crippen molar-refractivity contribution in [1.82, 2.24) is 15.6 Å². The number of aliphatic imine (C=N–C) groups is 1. The third kappa shape index (κ3) is 5.49. The number of carbonyl (C=O) groups is 1. The van der Waals surface area contributed by atoms with Gasteiger partial charge in [-0.3, -0.25) is 9.79 Å². The lowest BCUT2D eigenvalue weighted by molar-refractivity contribution is -0.121. The Kier molecular flexibility index (Phi) is 8.16. The molecule has 1 amide bonds. The fourth-order valence-corrected chi connectivity index (χ4v) is 3.72. The lowest BCUT2D eigenvalue weighted by Crippen LogP contribution is -2.42. The first-order valence-electron chi connectivity index (χ1n) is 10.3. The second kappa shape index (κ2) is 11.0. The van der Waals surface area contributed by atoms with Crippen LogP contribution < -0.4 is 20.3 Å². The second-order valence-electron chi connectivity index (χ2n) is 7.19. The molecule has 0 saturated heterocycles. The average molecular weight is 533 g/mol. The Morgan fingerprint density at radius 1 is 1.13 bits per heavy atom. The number of aromatic amines is 1. The summed E-state index contributed by atoms with van der Waals surface area (Å²) in [6.45, 7) is 2.25. The molecule has 1 aromatic heterocycles. The summed E-state index contributed by atoms with van der Waals surface area (Å²) in [5, 5.41) is 7.95. The largest absolute Gasteiger partial charge is 0.482 e. The molecule has 31 heavy (non-hydrogen) atoms. The minimum absolute atomic E-state index is 0. The number of ether oxygens (including phenoxy) is 1. The van der Waals surface area contributed by atoms with E-state index < -0.39 is 0 Å². The topological polar surface area (TPSA) is 81.8 Å². The number of nitrogens with zero attached hydrogens (tertiary/aromatic N) is 2. The summed E-state index contributed by atoms with van der Waals surface area (Å²) < 4.78 is 5.49. The molecule has 3 aromatic rings. The first-order chi connectivity index (χ1) is 14.8. The van der Waals surface area contributed by atoms with E-state index in [1.165, 1.54) is 10.9 Å².